The molecular formula is C29H32N2O7. The van der Waals surface area contributed by atoms with Crippen molar-refractivity contribution in [1.29, 1.82) is 0 Å². The Morgan fingerprint density at radius 3 is 2.05 bits per heavy atom. The summed E-state index contributed by atoms with van der Waals surface area (Å²) in [5.41, 5.74) is 1.93. The van der Waals surface area contributed by atoms with Gasteiger partial charge in [-0.15, -0.1) is 0 Å². The molecule has 3 aromatic rings. The Bertz CT molecular complexity index is 1270. The maximum Gasteiger partial charge on any atom is 0.229 e. The molecule has 3 aromatic carbocycles. The van der Waals surface area contributed by atoms with Crippen LogP contribution in [0.4, 0.5) is 11.4 Å². The third kappa shape index (κ3) is 5.32. The van der Waals surface area contributed by atoms with Crippen molar-refractivity contribution < 1.29 is 33.3 Å². The molecule has 0 saturated carbocycles. The minimum absolute atomic E-state index is 0.120. The smallest absolute Gasteiger partial charge is 0.229 e. The number of benzene rings is 3. The van der Waals surface area contributed by atoms with Crippen LogP contribution in [-0.2, 0) is 9.59 Å². The molecule has 2 amide bonds. The number of hydrogen-bond donors (Lipinski definition) is 1. The van der Waals surface area contributed by atoms with Gasteiger partial charge >= 0.3 is 0 Å². The highest BCUT2D eigenvalue weighted by atomic mass is 16.5. The Morgan fingerprint density at radius 1 is 0.816 bits per heavy atom. The van der Waals surface area contributed by atoms with Crippen LogP contribution in [-0.4, -0.2) is 47.4 Å². The monoisotopic (exact) mass is 520 g/mol. The van der Waals surface area contributed by atoms with E-state index in [1.165, 1.54) is 21.3 Å². The summed E-state index contributed by atoms with van der Waals surface area (Å²) in [6, 6.07) is 17.4. The molecule has 0 radical (unpaired) electrons. The average Bonchev–Trinajstić information content (AvgIpc) is 2.96. The summed E-state index contributed by atoms with van der Waals surface area (Å²) < 4.78 is 27.2. The minimum atomic E-state index is -0.601. The lowest BCUT2D eigenvalue weighted by atomic mass is 9.83. The SMILES string of the molecule is COc1ccc([C@H]2[C@H](C(=O)Nc3cccc(OC)c3)CCC(=O)N2c2cc(OC)c(OC)c(OC)c2)cc1. The van der Waals surface area contributed by atoms with Gasteiger partial charge in [-0.1, -0.05) is 18.2 Å². The van der Waals surface area contributed by atoms with E-state index < -0.39 is 12.0 Å². The first-order valence-electron chi connectivity index (χ1n) is 12.1. The van der Waals surface area contributed by atoms with Crippen molar-refractivity contribution in [3.8, 4) is 28.7 Å². The number of piperidine rings is 1. The second-order valence-electron chi connectivity index (χ2n) is 8.73. The van der Waals surface area contributed by atoms with Gasteiger partial charge in [0.05, 0.1) is 53.2 Å². The van der Waals surface area contributed by atoms with Crippen LogP contribution < -0.4 is 33.9 Å². The van der Waals surface area contributed by atoms with E-state index in [9.17, 15) is 9.59 Å². The van der Waals surface area contributed by atoms with Gasteiger partial charge in [-0.25, -0.2) is 0 Å². The van der Waals surface area contributed by atoms with Gasteiger partial charge in [-0.2, -0.15) is 0 Å². The van der Waals surface area contributed by atoms with Gasteiger partial charge in [0.15, 0.2) is 11.5 Å². The second kappa shape index (κ2) is 11.8. The quantitative estimate of drug-likeness (QED) is 0.431. The molecule has 4 rings (SSSR count). The highest BCUT2D eigenvalue weighted by molar-refractivity contribution is 6.00. The van der Waals surface area contributed by atoms with Crippen LogP contribution in [0.15, 0.2) is 60.7 Å². The molecule has 1 aliphatic heterocycles. The Labute approximate surface area is 222 Å². The van der Waals surface area contributed by atoms with Gasteiger partial charge in [0.2, 0.25) is 17.6 Å². The summed E-state index contributed by atoms with van der Waals surface area (Å²) in [6.45, 7) is 0. The van der Waals surface area contributed by atoms with Gasteiger partial charge in [0, 0.05) is 30.3 Å². The van der Waals surface area contributed by atoms with Gasteiger partial charge in [0.25, 0.3) is 0 Å². The lowest BCUT2D eigenvalue weighted by Crippen LogP contribution is -2.47. The van der Waals surface area contributed by atoms with E-state index in [-0.39, 0.29) is 18.2 Å². The van der Waals surface area contributed by atoms with Crippen LogP contribution in [0.3, 0.4) is 0 Å². The largest absolute Gasteiger partial charge is 0.497 e. The number of nitrogens with one attached hydrogen (secondary N) is 1. The molecular weight excluding hydrogens is 488 g/mol. The van der Waals surface area contributed by atoms with E-state index >= 15 is 0 Å². The third-order valence-corrected chi connectivity index (χ3v) is 6.66. The molecule has 0 unspecified atom stereocenters. The first kappa shape index (κ1) is 26.7. The van der Waals surface area contributed by atoms with Crippen LogP contribution in [0, 0.1) is 5.92 Å². The number of nitrogens with zero attached hydrogens (tertiary/aromatic N) is 1. The van der Waals surface area contributed by atoms with Gasteiger partial charge in [-0.05, 0) is 36.2 Å². The van der Waals surface area contributed by atoms with Crippen molar-refractivity contribution >= 4 is 23.2 Å². The van der Waals surface area contributed by atoms with Crippen molar-refractivity contribution in [3.63, 3.8) is 0 Å². The molecule has 9 nitrogen and oxygen atoms in total. The van der Waals surface area contributed by atoms with E-state index in [2.05, 4.69) is 5.32 Å². The molecule has 0 bridgehead atoms. The molecule has 1 aliphatic rings. The Hall–Kier alpha value is -4.40. The first-order chi connectivity index (χ1) is 18.4. The zero-order valence-corrected chi connectivity index (χ0v) is 22.1. The summed E-state index contributed by atoms with van der Waals surface area (Å²) in [6.07, 6.45) is 0.575. The molecule has 2 atom stereocenters. The molecule has 1 fully saturated rings. The van der Waals surface area contributed by atoms with Crippen LogP contribution in [0.25, 0.3) is 0 Å². The zero-order chi connectivity index (χ0) is 27.2. The van der Waals surface area contributed by atoms with Crippen molar-refractivity contribution in [2.24, 2.45) is 5.92 Å². The first-order valence-corrected chi connectivity index (χ1v) is 12.1. The summed E-state index contributed by atoms with van der Waals surface area (Å²) in [5.74, 6) is 1.66. The van der Waals surface area contributed by atoms with Crippen LogP contribution in [0.2, 0.25) is 0 Å². The number of rotatable bonds is 9. The highest BCUT2D eigenvalue weighted by Crippen LogP contribution is 2.46. The number of hydrogen-bond acceptors (Lipinski definition) is 7. The number of carbonyl (C=O) groups is 2. The fraction of sp³-hybridized carbons (Fsp3) is 0.310. The molecule has 200 valence electrons. The maximum atomic E-state index is 13.7. The minimum Gasteiger partial charge on any atom is -0.497 e. The van der Waals surface area contributed by atoms with E-state index in [1.807, 2.05) is 30.3 Å². The predicted molar refractivity (Wildman–Crippen MR) is 144 cm³/mol. The van der Waals surface area contributed by atoms with E-state index in [0.29, 0.717) is 46.5 Å². The van der Waals surface area contributed by atoms with Crippen molar-refractivity contribution in [3.05, 3.63) is 66.2 Å². The second-order valence-corrected chi connectivity index (χ2v) is 8.73. The topological polar surface area (TPSA) is 95.6 Å². The van der Waals surface area contributed by atoms with Gasteiger partial charge < -0.3 is 33.9 Å². The molecule has 1 N–H and O–H groups in total. The van der Waals surface area contributed by atoms with E-state index in [1.54, 1.807) is 49.5 Å². The molecule has 0 aliphatic carbocycles. The highest BCUT2D eigenvalue weighted by Gasteiger charge is 2.42. The number of anilines is 2. The van der Waals surface area contributed by atoms with Gasteiger partial charge in [-0.3, -0.25) is 9.59 Å². The number of ether oxygens (including phenoxy) is 5. The third-order valence-electron chi connectivity index (χ3n) is 6.66. The standard InChI is InChI=1S/C29H32N2O7/c1-34-21-11-9-18(10-12-21)27-23(29(33)30-19-7-6-8-22(15-19)35-2)13-14-26(32)31(27)20-16-24(36-3)28(38-5)25(17-20)37-4/h6-12,15-17,23,27H,13-14H2,1-5H3,(H,30,33)/t23-,27+/m1/s1. The normalized spacial score (nSPS) is 17.0. The summed E-state index contributed by atoms with van der Waals surface area (Å²) in [4.78, 5) is 28.9. The van der Waals surface area contributed by atoms with Crippen molar-refractivity contribution in [2.45, 2.75) is 18.9 Å². The molecule has 38 heavy (non-hydrogen) atoms. The van der Waals surface area contributed by atoms with Gasteiger partial charge in [0.1, 0.15) is 11.5 Å². The Balaban J connectivity index is 1.80. The Morgan fingerprint density at radius 2 is 1.47 bits per heavy atom. The van der Waals surface area contributed by atoms with Crippen molar-refractivity contribution in [2.75, 3.05) is 45.8 Å². The van der Waals surface area contributed by atoms with E-state index in [4.69, 9.17) is 23.7 Å². The van der Waals surface area contributed by atoms with E-state index in [0.717, 1.165) is 5.56 Å². The fourth-order valence-corrected chi connectivity index (χ4v) is 4.80. The van der Waals surface area contributed by atoms with Crippen LogP contribution in [0.1, 0.15) is 24.4 Å². The van der Waals surface area contributed by atoms with Crippen molar-refractivity contribution in [1.82, 2.24) is 0 Å². The number of carbonyl (C=O) groups excluding carboxylic acids is 2. The molecule has 9 heteroatoms. The molecule has 0 aromatic heterocycles. The number of methoxy groups -OCH3 is 5. The Kier molecular flexibility index (Phi) is 8.25. The van der Waals surface area contributed by atoms with Crippen LogP contribution >= 0.6 is 0 Å². The summed E-state index contributed by atoms with van der Waals surface area (Å²) in [5, 5.41) is 3.01. The zero-order valence-electron chi connectivity index (χ0n) is 22.1. The molecule has 1 heterocycles. The number of amides is 2. The lowest BCUT2D eigenvalue weighted by molar-refractivity contribution is -0.125. The lowest BCUT2D eigenvalue weighted by Gasteiger charge is -2.41. The maximum absolute atomic E-state index is 13.7. The summed E-state index contributed by atoms with van der Waals surface area (Å²) >= 11 is 0. The molecule has 1 saturated heterocycles. The van der Waals surface area contributed by atoms with Crippen LogP contribution in [0.5, 0.6) is 28.7 Å². The molecule has 0 spiro atoms. The fourth-order valence-electron chi connectivity index (χ4n) is 4.80. The average molecular weight is 521 g/mol. The predicted octanol–water partition coefficient (Wildman–Crippen LogP) is 4.85. The summed E-state index contributed by atoms with van der Waals surface area (Å²) in [7, 11) is 7.72.